The van der Waals surface area contributed by atoms with Crippen LogP contribution >= 0.6 is 0 Å². The van der Waals surface area contributed by atoms with Gasteiger partial charge in [0.2, 0.25) is 0 Å². The molecular weight excluding hydrogens is 262 g/mol. The van der Waals surface area contributed by atoms with Crippen molar-refractivity contribution in [2.75, 3.05) is 13.2 Å². The molecule has 21 heavy (non-hydrogen) atoms. The monoisotopic (exact) mass is 283 g/mol. The van der Waals surface area contributed by atoms with Gasteiger partial charge in [-0.1, -0.05) is 36.4 Å². The number of benzene rings is 2. The normalized spacial score (nSPS) is 16.3. The van der Waals surface area contributed by atoms with E-state index in [4.69, 9.17) is 9.47 Å². The van der Waals surface area contributed by atoms with Gasteiger partial charge in [-0.3, -0.25) is 0 Å². The van der Waals surface area contributed by atoms with Gasteiger partial charge in [-0.05, 0) is 37.1 Å². The van der Waals surface area contributed by atoms with E-state index in [9.17, 15) is 0 Å². The minimum atomic E-state index is 0.246. The summed E-state index contributed by atoms with van der Waals surface area (Å²) in [6, 6.07) is 17.2. The molecule has 2 atom stereocenters. The Bertz CT molecular complexity index is 597. The van der Waals surface area contributed by atoms with Crippen LogP contribution in [0.2, 0.25) is 0 Å². The molecule has 110 valence electrons. The fourth-order valence-electron chi connectivity index (χ4n) is 2.64. The van der Waals surface area contributed by atoms with E-state index < -0.39 is 0 Å². The van der Waals surface area contributed by atoms with Crippen molar-refractivity contribution in [1.29, 1.82) is 0 Å². The van der Waals surface area contributed by atoms with Crippen LogP contribution in [0.1, 0.15) is 37.1 Å². The molecule has 2 aromatic rings. The first-order valence-electron chi connectivity index (χ1n) is 7.44. The van der Waals surface area contributed by atoms with Crippen molar-refractivity contribution in [1.82, 2.24) is 5.32 Å². The average molecular weight is 283 g/mol. The Morgan fingerprint density at radius 3 is 2.24 bits per heavy atom. The highest BCUT2D eigenvalue weighted by Crippen LogP contribution is 2.33. The van der Waals surface area contributed by atoms with Crippen molar-refractivity contribution in [3.8, 4) is 11.5 Å². The lowest BCUT2D eigenvalue weighted by Crippen LogP contribution is -2.23. The number of ether oxygens (including phenoxy) is 2. The molecule has 3 heteroatoms. The van der Waals surface area contributed by atoms with E-state index in [0.29, 0.717) is 19.3 Å². The number of nitrogens with one attached hydrogen (secondary N) is 1. The summed E-state index contributed by atoms with van der Waals surface area (Å²) in [6.45, 7) is 5.61. The largest absolute Gasteiger partial charge is 0.486 e. The maximum atomic E-state index is 5.65. The van der Waals surface area contributed by atoms with E-state index in [1.54, 1.807) is 0 Å². The van der Waals surface area contributed by atoms with Gasteiger partial charge in [-0.25, -0.2) is 0 Å². The smallest absolute Gasteiger partial charge is 0.161 e. The topological polar surface area (TPSA) is 30.5 Å². The third-order valence-corrected chi connectivity index (χ3v) is 3.87. The molecule has 1 unspecified atom stereocenters. The second-order valence-corrected chi connectivity index (χ2v) is 5.42. The Morgan fingerprint density at radius 1 is 0.810 bits per heavy atom. The molecule has 0 fully saturated rings. The Labute approximate surface area is 125 Å². The van der Waals surface area contributed by atoms with E-state index in [1.165, 1.54) is 11.1 Å². The first-order valence-corrected chi connectivity index (χ1v) is 7.44. The number of fused-ring (bicyclic) bond motifs is 1. The second-order valence-electron chi connectivity index (χ2n) is 5.42. The van der Waals surface area contributed by atoms with Crippen molar-refractivity contribution in [2.45, 2.75) is 25.9 Å². The molecule has 0 bridgehead atoms. The van der Waals surface area contributed by atoms with Gasteiger partial charge in [-0.2, -0.15) is 0 Å². The minimum absolute atomic E-state index is 0.246. The lowest BCUT2D eigenvalue weighted by Gasteiger charge is -2.23. The number of hydrogen-bond acceptors (Lipinski definition) is 3. The lowest BCUT2D eigenvalue weighted by molar-refractivity contribution is 0.171. The first-order chi connectivity index (χ1) is 10.2. The molecule has 0 saturated heterocycles. The summed E-state index contributed by atoms with van der Waals surface area (Å²) in [7, 11) is 0. The maximum absolute atomic E-state index is 5.65. The van der Waals surface area contributed by atoms with E-state index in [2.05, 4.69) is 55.6 Å². The average Bonchev–Trinajstić information content (AvgIpc) is 2.55. The van der Waals surface area contributed by atoms with Gasteiger partial charge in [0.25, 0.3) is 0 Å². The summed E-state index contributed by atoms with van der Waals surface area (Å²) in [5, 5.41) is 3.62. The molecule has 1 aliphatic rings. The van der Waals surface area contributed by atoms with Crippen molar-refractivity contribution in [3.05, 3.63) is 59.7 Å². The van der Waals surface area contributed by atoms with Crippen LogP contribution in [0.5, 0.6) is 11.5 Å². The van der Waals surface area contributed by atoms with Crippen molar-refractivity contribution >= 4 is 0 Å². The van der Waals surface area contributed by atoms with Crippen molar-refractivity contribution in [3.63, 3.8) is 0 Å². The highest BCUT2D eigenvalue weighted by atomic mass is 16.6. The fourth-order valence-corrected chi connectivity index (χ4v) is 2.64. The highest BCUT2D eigenvalue weighted by Gasteiger charge is 2.16. The summed E-state index contributed by atoms with van der Waals surface area (Å²) in [5.41, 5.74) is 2.50. The van der Waals surface area contributed by atoms with Crippen LogP contribution in [-0.4, -0.2) is 13.2 Å². The van der Waals surface area contributed by atoms with Crippen LogP contribution in [0.15, 0.2) is 48.5 Å². The maximum Gasteiger partial charge on any atom is 0.161 e. The van der Waals surface area contributed by atoms with Crippen LogP contribution < -0.4 is 14.8 Å². The van der Waals surface area contributed by atoms with Crippen LogP contribution in [0.3, 0.4) is 0 Å². The SMILES string of the molecule is CC(N[C@H](C)c1ccccc1)c1ccc2c(c1)OCCO2. The van der Waals surface area contributed by atoms with Crippen molar-refractivity contribution < 1.29 is 9.47 Å². The van der Waals surface area contributed by atoms with Crippen LogP contribution in [0, 0.1) is 0 Å². The van der Waals surface area contributed by atoms with E-state index in [-0.39, 0.29) is 6.04 Å². The predicted molar refractivity (Wildman–Crippen MR) is 83.8 cm³/mol. The molecule has 1 N–H and O–H groups in total. The Hall–Kier alpha value is -2.00. The third kappa shape index (κ3) is 3.19. The summed E-state index contributed by atoms with van der Waals surface area (Å²) in [5.74, 6) is 1.69. The molecule has 3 nitrogen and oxygen atoms in total. The Balaban J connectivity index is 1.72. The van der Waals surface area contributed by atoms with Crippen LogP contribution in [0.25, 0.3) is 0 Å². The molecule has 0 aromatic heterocycles. The van der Waals surface area contributed by atoms with Gasteiger partial charge < -0.3 is 14.8 Å². The highest BCUT2D eigenvalue weighted by molar-refractivity contribution is 5.44. The second kappa shape index (κ2) is 6.19. The zero-order valence-electron chi connectivity index (χ0n) is 12.5. The molecular formula is C18H21NO2. The van der Waals surface area contributed by atoms with Crippen molar-refractivity contribution in [2.24, 2.45) is 0 Å². The molecule has 0 saturated carbocycles. The quantitative estimate of drug-likeness (QED) is 0.924. The summed E-state index contributed by atoms with van der Waals surface area (Å²) >= 11 is 0. The van der Waals surface area contributed by atoms with Gasteiger partial charge in [0.05, 0.1) is 0 Å². The van der Waals surface area contributed by atoms with Gasteiger partial charge >= 0.3 is 0 Å². The summed E-state index contributed by atoms with van der Waals surface area (Å²) < 4.78 is 11.2. The Kier molecular flexibility index (Phi) is 4.11. The van der Waals surface area contributed by atoms with Gasteiger partial charge in [0, 0.05) is 12.1 Å². The van der Waals surface area contributed by atoms with Crippen LogP contribution in [-0.2, 0) is 0 Å². The van der Waals surface area contributed by atoms with Gasteiger partial charge in [0.1, 0.15) is 13.2 Å². The molecule has 1 aliphatic heterocycles. The van der Waals surface area contributed by atoms with E-state index in [1.807, 2.05) is 12.1 Å². The number of hydrogen-bond donors (Lipinski definition) is 1. The molecule has 0 aliphatic carbocycles. The van der Waals surface area contributed by atoms with Crippen LogP contribution in [0.4, 0.5) is 0 Å². The minimum Gasteiger partial charge on any atom is -0.486 e. The molecule has 2 aromatic carbocycles. The molecule has 0 amide bonds. The number of rotatable bonds is 4. The summed E-state index contributed by atoms with van der Waals surface area (Å²) in [6.07, 6.45) is 0. The Morgan fingerprint density at radius 2 is 1.48 bits per heavy atom. The standard InChI is InChI=1S/C18H21NO2/c1-13(15-6-4-3-5-7-15)19-14(2)16-8-9-17-18(12-16)21-11-10-20-17/h3-9,12-14,19H,10-11H2,1-2H3/t13-,14?/m1/s1. The molecule has 0 radical (unpaired) electrons. The third-order valence-electron chi connectivity index (χ3n) is 3.87. The molecule has 3 rings (SSSR count). The molecule has 0 spiro atoms. The lowest BCUT2D eigenvalue weighted by atomic mass is 10.0. The van der Waals surface area contributed by atoms with Gasteiger partial charge in [-0.15, -0.1) is 0 Å². The summed E-state index contributed by atoms with van der Waals surface area (Å²) in [4.78, 5) is 0. The zero-order valence-corrected chi connectivity index (χ0v) is 12.5. The molecule has 1 heterocycles. The predicted octanol–water partition coefficient (Wildman–Crippen LogP) is 3.87. The fraction of sp³-hybridized carbons (Fsp3) is 0.333. The van der Waals surface area contributed by atoms with E-state index in [0.717, 1.165) is 11.5 Å². The zero-order chi connectivity index (χ0) is 14.7. The van der Waals surface area contributed by atoms with E-state index >= 15 is 0 Å². The van der Waals surface area contributed by atoms with Gasteiger partial charge in [0.15, 0.2) is 11.5 Å². The first kappa shape index (κ1) is 14.0.